The number of rotatable bonds is 6. The molecule has 3 aromatic rings. The van der Waals surface area contributed by atoms with Crippen LogP contribution in [0.4, 0.5) is 22.4 Å². The number of nitrogens with two attached hydrogens (primary N) is 1. The maximum atomic E-state index is 15.1. The highest BCUT2D eigenvalue weighted by Crippen LogP contribution is 2.35. The van der Waals surface area contributed by atoms with Gasteiger partial charge >= 0.3 is 6.09 Å². The Balaban J connectivity index is 2.00. The van der Waals surface area contributed by atoms with Crippen molar-refractivity contribution in [2.75, 3.05) is 0 Å². The zero-order valence-corrected chi connectivity index (χ0v) is 18.0. The van der Waals surface area contributed by atoms with Crippen LogP contribution in [0, 0.1) is 30.2 Å². The molecule has 0 aliphatic heterocycles. The minimum absolute atomic E-state index is 0.0302. The third kappa shape index (κ3) is 4.77. The fraction of sp³-hybridized carbons (Fsp3) is 0.143. The van der Waals surface area contributed by atoms with Gasteiger partial charge in [-0.15, -0.1) is 0 Å². The van der Waals surface area contributed by atoms with E-state index in [1.807, 2.05) is 0 Å². The molecule has 0 radical (unpaired) electrons. The molecular formula is C21H15BrF4N2O4. The second-order valence-electron chi connectivity index (χ2n) is 6.58. The average molecular weight is 515 g/mol. The average Bonchev–Trinajstić information content (AvgIpc) is 2.72. The molecule has 1 heterocycles. The van der Waals surface area contributed by atoms with E-state index in [2.05, 4.69) is 20.7 Å². The number of carbonyl (C=O) groups excluding carboxylic acids is 1. The molecule has 32 heavy (non-hydrogen) atoms. The minimum Gasteiger partial charge on any atom is -0.487 e. The third-order valence-electron chi connectivity index (χ3n) is 4.54. The molecule has 2 aromatic carbocycles. The monoisotopic (exact) mass is 514 g/mol. The second kappa shape index (κ2) is 9.43. The normalized spacial score (nSPS) is 10.8. The highest BCUT2D eigenvalue weighted by atomic mass is 79.9. The molecule has 0 aliphatic rings. The van der Waals surface area contributed by atoms with Crippen LogP contribution in [0.1, 0.15) is 16.8 Å². The highest BCUT2D eigenvalue weighted by Gasteiger charge is 2.23. The van der Waals surface area contributed by atoms with Crippen molar-refractivity contribution >= 4 is 22.0 Å². The van der Waals surface area contributed by atoms with Crippen LogP contribution in [-0.4, -0.2) is 10.7 Å². The van der Waals surface area contributed by atoms with Crippen molar-refractivity contribution in [3.63, 3.8) is 0 Å². The zero-order valence-electron chi connectivity index (χ0n) is 16.4. The number of amides is 1. The summed E-state index contributed by atoms with van der Waals surface area (Å²) in [6.45, 7) is 0.674. The van der Waals surface area contributed by atoms with Gasteiger partial charge in [-0.25, -0.2) is 22.4 Å². The van der Waals surface area contributed by atoms with Gasteiger partial charge in [0.15, 0.2) is 11.6 Å². The van der Waals surface area contributed by atoms with E-state index in [0.717, 1.165) is 28.8 Å². The van der Waals surface area contributed by atoms with Crippen LogP contribution in [0.25, 0.3) is 5.69 Å². The molecule has 0 unspecified atom stereocenters. The maximum absolute atomic E-state index is 15.1. The number of nitrogens with zero attached hydrogens (tertiary/aromatic N) is 1. The van der Waals surface area contributed by atoms with Gasteiger partial charge < -0.3 is 15.2 Å². The Kier molecular flexibility index (Phi) is 6.87. The molecule has 0 bridgehead atoms. The van der Waals surface area contributed by atoms with Crippen molar-refractivity contribution in [1.82, 2.24) is 4.57 Å². The van der Waals surface area contributed by atoms with Gasteiger partial charge in [-0.3, -0.25) is 9.36 Å². The molecule has 1 aromatic heterocycles. The van der Waals surface area contributed by atoms with E-state index in [0.29, 0.717) is 11.6 Å². The van der Waals surface area contributed by atoms with Gasteiger partial charge in [0.2, 0.25) is 0 Å². The van der Waals surface area contributed by atoms with Gasteiger partial charge in [0, 0.05) is 35.0 Å². The van der Waals surface area contributed by atoms with Crippen molar-refractivity contribution in [1.29, 1.82) is 0 Å². The lowest BCUT2D eigenvalue weighted by atomic mass is 10.1. The maximum Gasteiger partial charge on any atom is 0.404 e. The lowest BCUT2D eigenvalue weighted by Crippen LogP contribution is -2.24. The topological polar surface area (TPSA) is 83.5 Å². The Morgan fingerprint density at radius 2 is 1.72 bits per heavy atom. The van der Waals surface area contributed by atoms with Crippen LogP contribution in [0.3, 0.4) is 0 Å². The molecule has 6 nitrogen and oxygen atoms in total. The largest absolute Gasteiger partial charge is 0.487 e. The molecule has 2 N–H and O–H groups in total. The van der Waals surface area contributed by atoms with Gasteiger partial charge in [-0.2, -0.15) is 0 Å². The number of benzene rings is 2. The number of hydrogen-bond acceptors (Lipinski definition) is 4. The van der Waals surface area contributed by atoms with Crippen molar-refractivity contribution in [2.24, 2.45) is 5.73 Å². The number of primary amides is 1. The van der Waals surface area contributed by atoms with Gasteiger partial charge in [0.05, 0.1) is 4.47 Å². The summed E-state index contributed by atoms with van der Waals surface area (Å²) in [5.74, 6) is -4.25. The lowest BCUT2D eigenvalue weighted by Gasteiger charge is -2.17. The van der Waals surface area contributed by atoms with E-state index in [-0.39, 0.29) is 28.1 Å². The Morgan fingerprint density at radius 3 is 2.38 bits per heavy atom. The summed E-state index contributed by atoms with van der Waals surface area (Å²) in [4.78, 5) is 23.2. The van der Waals surface area contributed by atoms with Crippen molar-refractivity contribution < 1.29 is 31.8 Å². The molecule has 0 aliphatic carbocycles. The fourth-order valence-corrected chi connectivity index (χ4v) is 3.34. The predicted molar refractivity (Wildman–Crippen MR) is 109 cm³/mol. The number of hydrogen-bond donors (Lipinski definition) is 1. The van der Waals surface area contributed by atoms with Gasteiger partial charge in [0.25, 0.3) is 5.56 Å². The predicted octanol–water partition coefficient (Wildman–Crippen LogP) is 4.64. The second-order valence-corrected chi connectivity index (χ2v) is 7.38. The summed E-state index contributed by atoms with van der Waals surface area (Å²) in [6, 6.07) is 6.04. The molecule has 3 rings (SSSR count). The first kappa shape index (κ1) is 23.3. The van der Waals surface area contributed by atoms with Crippen LogP contribution in [0.15, 0.2) is 45.7 Å². The van der Waals surface area contributed by atoms with Gasteiger partial charge in [0.1, 0.15) is 36.3 Å². The van der Waals surface area contributed by atoms with Crippen LogP contribution in [0.5, 0.6) is 5.75 Å². The fourth-order valence-electron chi connectivity index (χ4n) is 2.92. The summed E-state index contributed by atoms with van der Waals surface area (Å²) in [6.07, 6.45) is -1.05. The molecular weight excluding hydrogens is 500 g/mol. The van der Waals surface area contributed by atoms with E-state index in [1.54, 1.807) is 0 Å². The van der Waals surface area contributed by atoms with Gasteiger partial charge in [-0.1, -0.05) is 0 Å². The lowest BCUT2D eigenvalue weighted by molar-refractivity contribution is 0.150. The van der Waals surface area contributed by atoms with Crippen LogP contribution in [-0.2, 0) is 18.0 Å². The minimum atomic E-state index is -1.15. The quantitative estimate of drug-likeness (QED) is 0.383. The number of ether oxygens (including phenoxy) is 2. The molecule has 0 saturated carbocycles. The Morgan fingerprint density at radius 1 is 1.03 bits per heavy atom. The van der Waals surface area contributed by atoms with Crippen molar-refractivity contribution in [3.05, 3.63) is 91.3 Å². The first-order valence-corrected chi connectivity index (χ1v) is 9.77. The first-order chi connectivity index (χ1) is 15.1. The standard InChI is InChI=1S/C21H15BrF4N2O4/c1-10-11(8-32-21(27)30)3-5-17(29)28(10)20-15(25)7-16(18(22)19(20)26)31-9-12-2-4-13(23)6-14(12)24/h2-7H,8-9H2,1H3,(H2,27,30). The molecule has 0 saturated heterocycles. The Labute approximate surface area is 187 Å². The summed E-state index contributed by atoms with van der Waals surface area (Å²) in [7, 11) is 0. The Bertz CT molecular complexity index is 1260. The van der Waals surface area contributed by atoms with Crippen molar-refractivity contribution in [3.8, 4) is 11.4 Å². The Hall–Kier alpha value is -3.34. The molecule has 11 heteroatoms. The summed E-state index contributed by atoms with van der Waals surface area (Å²) in [5.41, 5.74) is 3.88. The summed E-state index contributed by atoms with van der Waals surface area (Å²) < 4.78 is 67.3. The zero-order chi connectivity index (χ0) is 23.6. The molecule has 0 fully saturated rings. The molecule has 0 spiro atoms. The van der Waals surface area contributed by atoms with Crippen LogP contribution in [0.2, 0.25) is 0 Å². The van der Waals surface area contributed by atoms with E-state index in [9.17, 15) is 22.8 Å². The molecule has 0 atom stereocenters. The van der Waals surface area contributed by atoms with Crippen molar-refractivity contribution in [2.45, 2.75) is 20.1 Å². The van der Waals surface area contributed by atoms with Crippen LogP contribution < -0.4 is 16.0 Å². The van der Waals surface area contributed by atoms with E-state index in [1.165, 1.54) is 13.0 Å². The van der Waals surface area contributed by atoms with E-state index < -0.39 is 47.2 Å². The van der Waals surface area contributed by atoms with Crippen LogP contribution >= 0.6 is 15.9 Å². The molecule has 1 amide bonds. The first-order valence-electron chi connectivity index (χ1n) is 8.98. The number of pyridine rings is 1. The molecule has 168 valence electrons. The highest BCUT2D eigenvalue weighted by molar-refractivity contribution is 9.10. The number of aromatic nitrogens is 1. The summed E-state index contributed by atoms with van der Waals surface area (Å²) in [5, 5.41) is 0. The number of carbonyl (C=O) groups is 1. The van der Waals surface area contributed by atoms with E-state index in [4.69, 9.17) is 10.5 Å². The SMILES string of the molecule is Cc1c(COC(N)=O)ccc(=O)n1-c1c(F)cc(OCc2ccc(F)cc2F)c(Br)c1F. The smallest absolute Gasteiger partial charge is 0.404 e. The van der Waals surface area contributed by atoms with Gasteiger partial charge in [-0.05, 0) is 41.1 Å². The number of halogens is 5. The summed E-state index contributed by atoms with van der Waals surface area (Å²) >= 11 is 2.96. The third-order valence-corrected chi connectivity index (χ3v) is 5.28. The van der Waals surface area contributed by atoms with E-state index >= 15 is 4.39 Å².